The maximum Gasteiger partial charge on any atom is 0.244 e. The zero-order chi connectivity index (χ0) is 21.3. The van der Waals surface area contributed by atoms with Crippen molar-refractivity contribution < 1.29 is 4.79 Å². The molecule has 0 bridgehead atoms. The summed E-state index contributed by atoms with van der Waals surface area (Å²) in [6, 6.07) is 28.0. The maximum absolute atomic E-state index is 13.2. The predicted octanol–water partition coefficient (Wildman–Crippen LogP) is 5.91. The monoisotopic (exact) mass is 464 g/mol. The van der Waals surface area contributed by atoms with Crippen molar-refractivity contribution >= 4 is 21.8 Å². The van der Waals surface area contributed by atoms with Crippen LogP contribution in [0.4, 0.5) is 0 Å². The molecule has 0 aliphatic heterocycles. The Balaban J connectivity index is 1.77. The summed E-state index contributed by atoms with van der Waals surface area (Å²) in [5, 5.41) is 0. The molecule has 0 radical (unpaired) electrons. The van der Waals surface area contributed by atoms with Crippen molar-refractivity contribution in [3.63, 3.8) is 0 Å². The van der Waals surface area contributed by atoms with Crippen LogP contribution in [0.15, 0.2) is 89.4 Å². The van der Waals surface area contributed by atoms with Crippen molar-refractivity contribution in [2.75, 3.05) is 13.1 Å². The van der Waals surface area contributed by atoms with Crippen LogP contribution in [0.3, 0.4) is 0 Å². The van der Waals surface area contributed by atoms with E-state index in [4.69, 9.17) is 5.73 Å². The van der Waals surface area contributed by atoms with E-state index >= 15 is 0 Å². The third kappa shape index (κ3) is 5.80. The van der Waals surface area contributed by atoms with Gasteiger partial charge in [0.05, 0.1) is 0 Å². The average Bonchev–Trinajstić information content (AvgIpc) is 2.79. The van der Waals surface area contributed by atoms with E-state index in [1.807, 2.05) is 41.3 Å². The highest BCUT2D eigenvalue weighted by Gasteiger charge is 2.23. The molecule has 1 unspecified atom stereocenters. The fourth-order valence-corrected chi connectivity index (χ4v) is 4.06. The highest BCUT2D eigenvalue weighted by Crippen LogP contribution is 2.28. The summed E-state index contributed by atoms with van der Waals surface area (Å²) in [6.07, 6.45) is 1.76. The maximum atomic E-state index is 13.2. The second-order valence-electron chi connectivity index (χ2n) is 7.52. The molecule has 0 spiro atoms. The van der Waals surface area contributed by atoms with Crippen molar-refractivity contribution in [2.24, 2.45) is 5.73 Å². The van der Waals surface area contributed by atoms with Gasteiger partial charge in [0.25, 0.3) is 0 Å². The predicted molar refractivity (Wildman–Crippen MR) is 127 cm³/mol. The van der Waals surface area contributed by atoms with E-state index in [2.05, 4.69) is 71.4 Å². The topological polar surface area (TPSA) is 46.3 Å². The van der Waals surface area contributed by atoms with Crippen LogP contribution in [0.1, 0.15) is 48.4 Å². The molecule has 0 aliphatic rings. The van der Waals surface area contributed by atoms with Crippen LogP contribution >= 0.6 is 15.9 Å². The Hall–Kier alpha value is -2.43. The minimum absolute atomic E-state index is 0.0148. The number of nitrogens with zero attached hydrogens (tertiary/aromatic N) is 1. The Morgan fingerprint density at radius 1 is 0.833 bits per heavy atom. The van der Waals surface area contributed by atoms with Crippen LogP contribution in [0.25, 0.3) is 0 Å². The summed E-state index contributed by atoms with van der Waals surface area (Å²) in [7, 11) is 0. The number of halogens is 1. The molecule has 1 amide bonds. The van der Waals surface area contributed by atoms with Gasteiger partial charge in [-0.25, -0.2) is 0 Å². The highest BCUT2D eigenvalue weighted by atomic mass is 79.9. The largest absolute Gasteiger partial charge is 0.341 e. The Morgan fingerprint density at radius 3 is 1.87 bits per heavy atom. The fraction of sp³-hybridized carbons (Fsp3) is 0.269. The molecule has 0 aliphatic carbocycles. The third-order valence-electron chi connectivity index (χ3n) is 5.39. The number of nitrogens with two attached hydrogens (primary N) is 1. The van der Waals surface area contributed by atoms with Crippen LogP contribution < -0.4 is 5.73 Å². The SMILES string of the molecule is CCCN(CCC(c1ccccc1)c1ccccc1)C(=O)C(N)c1ccc(Br)cc1. The first kappa shape index (κ1) is 22.3. The molecule has 3 nitrogen and oxygen atoms in total. The van der Waals surface area contributed by atoms with Gasteiger partial charge in [0.15, 0.2) is 0 Å². The molecule has 3 aromatic rings. The number of amides is 1. The van der Waals surface area contributed by atoms with E-state index in [1.54, 1.807) is 0 Å². The van der Waals surface area contributed by atoms with Crippen LogP contribution in [-0.4, -0.2) is 23.9 Å². The molecule has 0 heterocycles. The molecule has 0 saturated carbocycles. The van der Waals surface area contributed by atoms with Gasteiger partial charge in [-0.05, 0) is 41.7 Å². The summed E-state index contributed by atoms with van der Waals surface area (Å²) in [5.74, 6) is 0.225. The van der Waals surface area contributed by atoms with Gasteiger partial charge in [0, 0.05) is 23.5 Å². The van der Waals surface area contributed by atoms with Crippen LogP contribution in [0.5, 0.6) is 0 Å². The van der Waals surface area contributed by atoms with Gasteiger partial charge in [-0.1, -0.05) is 95.7 Å². The van der Waals surface area contributed by atoms with Gasteiger partial charge < -0.3 is 10.6 Å². The number of carbonyl (C=O) groups is 1. The minimum atomic E-state index is -0.642. The minimum Gasteiger partial charge on any atom is -0.341 e. The number of hydrogen-bond acceptors (Lipinski definition) is 2. The summed E-state index contributed by atoms with van der Waals surface area (Å²) in [6.45, 7) is 3.47. The Labute approximate surface area is 188 Å². The van der Waals surface area contributed by atoms with Crippen molar-refractivity contribution in [3.8, 4) is 0 Å². The Kier molecular flexibility index (Phi) is 8.23. The standard InChI is InChI=1S/C26H29BrN2O/c1-2-18-29(26(30)25(28)22-13-15-23(27)16-14-22)19-17-24(20-9-5-3-6-10-20)21-11-7-4-8-12-21/h3-16,24-25H,2,17-19,28H2,1H3. The lowest BCUT2D eigenvalue weighted by molar-refractivity contribution is -0.132. The van der Waals surface area contributed by atoms with Gasteiger partial charge in [-0.15, -0.1) is 0 Å². The molecule has 0 aromatic heterocycles. The van der Waals surface area contributed by atoms with Gasteiger partial charge in [0.1, 0.15) is 6.04 Å². The lowest BCUT2D eigenvalue weighted by Gasteiger charge is -2.28. The first-order valence-electron chi connectivity index (χ1n) is 10.5. The molecule has 3 aromatic carbocycles. The van der Waals surface area contributed by atoms with Gasteiger partial charge >= 0.3 is 0 Å². The number of carbonyl (C=O) groups excluding carboxylic acids is 1. The van der Waals surface area contributed by atoms with E-state index < -0.39 is 6.04 Å². The van der Waals surface area contributed by atoms with E-state index in [0.29, 0.717) is 13.1 Å². The fourth-order valence-electron chi connectivity index (χ4n) is 3.79. The zero-order valence-corrected chi connectivity index (χ0v) is 19.0. The van der Waals surface area contributed by atoms with Crippen molar-refractivity contribution in [3.05, 3.63) is 106 Å². The smallest absolute Gasteiger partial charge is 0.244 e. The van der Waals surface area contributed by atoms with E-state index in [9.17, 15) is 4.79 Å². The summed E-state index contributed by atoms with van der Waals surface area (Å²) >= 11 is 3.43. The first-order chi connectivity index (χ1) is 14.6. The summed E-state index contributed by atoms with van der Waals surface area (Å²) < 4.78 is 0.977. The van der Waals surface area contributed by atoms with Crippen LogP contribution in [-0.2, 0) is 4.79 Å². The Bertz CT molecular complexity index is 873. The molecule has 0 fully saturated rings. The van der Waals surface area contributed by atoms with Crippen LogP contribution in [0.2, 0.25) is 0 Å². The van der Waals surface area contributed by atoms with Crippen molar-refractivity contribution in [1.29, 1.82) is 0 Å². The lowest BCUT2D eigenvalue weighted by atomic mass is 9.88. The lowest BCUT2D eigenvalue weighted by Crippen LogP contribution is -2.40. The molecule has 2 N–H and O–H groups in total. The Morgan fingerprint density at radius 2 is 1.37 bits per heavy atom. The molecule has 3 rings (SSSR count). The molecular weight excluding hydrogens is 436 g/mol. The highest BCUT2D eigenvalue weighted by molar-refractivity contribution is 9.10. The quantitative estimate of drug-likeness (QED) is 0.427. The van der Waals surface area contributed by atoms with E-state index in [0.717, 1.165) is 22.9 Å². The van der Waals surface area contributed by atoms with Gasteiger partial charge in [-0.3, -0.25) is 4.79 Å². The van der Waals surface area contributed by atoms with Gasteiger partial charge in [0.2, 0.25) is 5.91 Å². The van der Waals surface area contributed by atoms with E-state index in [-0.39, 0.29) is 11.8 Å². The van der Waals surface area contributed by atoms with Gasteiger partial charge in [-0.2, -0.15) is 0 Å². The molecule has 0 saturated heterocycles. The second kappa shape index (κ2) is 11.1. The normalized spacial score (nSPS) is 12.0. The number of hydrogen-bond donors (Lipinski definition) is 1. The molecule has 4 heteroatoms. The van der Waals surface area contributed by atoms with Crippen LogP contribution in [0, 0.1) is 0 Å². The molecule has 156 valence electrons. The summed E-state index contributed by atoms with van der Waals surface area (Å²) in [5.41, 5.74) is 9.72. The molecule has 1 atom stereocenters. The summed E-state index contributed by atoms with van der Waals surface area (Å²) in [4.78, 5) is 15.1. The average molecular weight is 465 g/mol. The third-order valence-corrected chi connectivity index (χ3v) is 5.92. The zero-order valence-electron chi connectivity index (χ0n) is 17.4. The first-order valence-corrected chi connectivity index (χ1v) is 11.3. The van der Waals surface area contributed by atoms with Crippen molar-refractivity contribution in [2.45, 2.75) is 31.7 Å². The molecular formula is C26H29BrN2O. The van der Waals surface area contributed by atoms with E-state index in [1.165, 1.54) is 11.1 Å². The number of benzene rings is 3. The second-order valence-corrected chi connectivity index (χ2v) is 8.43. The molecule has 30 heavy (non-hydrogen) atoms. The van der Waals surface area contributed by atoms with Crippen molar-refractivity contribution in [1.82, 2.24) is 4.90 Å². The number of rotatable bonds is 9.